The Hall–Kier alpha value is -10.2. The van der Waals surface area contributed by atoms with Crippen molar-refractivity contribution in [2.24, 2.45) is 0 Å². The molecular formula is C107H118N4. The second-order valence-corrected chi connectivity index (χ2v) is 40.3. The Morgan fingerprint density at radius 2 is 0.405 bits per heavy atom. The Labute approximate surface area is 666 Å². The number of nitrogens with zero attached hydrogens (tertiary/aromatic N) is 4. The van der Waals surface area contributed by atoms with Crippen LogP contribution in [0.25, 0.3) is 22.3 Å². The van der Waals surface area contributed by atoms with Crippen molar-refractivity contribution >= 4 is 68.2 Å². The lowest BCUT2D eigenvalue weighted by Gasteiger charge is -2.46. The van der Waals surface area contributed by atoms with Crippen molar-refractivity contribution in [3.8, 4) is 22.3 Å². The summed E-state index contributed by atoms with van der Waals surface area (Å²) in [6.07, 6.45) is 0.946. The molecule has 2 unspecified atom stereocenters. The SMILES string of the molecule is CC(C)(C)c1ccc(N(c2ccc(C(C)(C)C)cc2)c2ccc3c(c2)C2(C)c4cc(ccc4-3)N(c3ccc(C(C)(C)C)cc3)c3ccc(cc3)C(C)(C)CC(C)(C)c3ccc(cc3)N(c3ccc(C(C)(C)C)cc3)c3ccc4c(c3)C2(C)c2cc(N(c3ccc(C(C)(C)C)cc3)c3ccc(C(C)(C)C)cc3)ccc2-4)cc1. The smallest absolute Gasteiger partial charge is 0.0465 e. The van der Waals surface area contributed by atoms with Gasteiger partial charge in [-0.05, 0) is 284 Å². The average Bonchev–Trinajstić information content (AvgIpc) is 1.49. The highest BCUT2D eigenvalue weighted by Crippen LogP contribution is 2.67. The van der Waals surface area contributed by atoms with E-state index in [9.17, 15) is 0 Å². The Balaban J connectivity index is 1.06. The van der Waals surface area contributed by atoms with Gasteiger partial charge in [-0.1, -0.05) is 287 Å². The molecule has 17 rings (SSSR count). The normalized spacial score (nSPS) is 17.3. The highest BCUT2D eigenvalue weighted by molar-refractivity contribution is 5.95. The topological polar surface area (TPSA) is 13.0 Å². The zero-order valence-electron chi connectivity index (χ0n) is 70.9. The first kappa shape index (κ1) is 76.2. The molecule has 0 spiro atoms. The summed E-state index contributed by atoms with van der Waals surface area (Å²) in [7, 11) is 0. The van der Waals surface area contributed by atoms with Crippen LogP contribution in [0.4, 0.5) is 68.2 Å². The predicted octanol–water partition coefficient (Wildman–Crippen LogP) is 30.6. The predicted molar refractivity (Wildman–Crippen MR) is 478 cm³/mol. The van der Waals surface area contributed by atoms with Gasteiger partial charge >= 0.3 is 0 Å². The number of benzene rings is 12. The van der Waals surface area contributed by atoms with Crippen molar-refractivity contribution in [3.05, 3.63) is 334 Å². The van der Waals surface area contributed by atoms with Gasteiger partial charge in [0.15, 0.2) is 0 Å². The molecule has 0 fully saturated rings. The van der Waals surface area contributed by atoms with E-state index in [0.717, 1.165) is 74.7 Å². The molecule has 4 nitrogen and oxygen atoms in total. The second-order valence-electron chi connectivity index (χ2n) is 40.3. The fraction of sp³-hybridized carbons (Fsp3) is 0.327. The van der Waals surface area contributed by atoms with Gasteiger partial charge in [0.25, 0.3) is 0 Å². The van der Waals surface area contributed by atoms with Crippen LogP contribution in [0.1, 0.15) is 239 Å². The molecule has 5 aliphatic rings. The number of rotatable bonds is 8. The van der Waals surface area contributed by atoms with E-state index in [-0.39, 0.29) is 43.3 Å². The zero-order chi connectivity index (χ0) is 79.3. The standard InChI is InChI=1S/C107H118N4/c1-98(2,3)70-25-41-78(42-26-70)108(79-43-27-71(28-44-79)99(4,5)6)86-57-61-90-92-63-59-88-67-96(92)106(23,94(90)65-86)107(24)95-66-87(109(80-45-29-72(30-46-80)100(7,8)9)81-47-31-73(32-48-81)101(10,11)12)58-62-91(95)93-64-60-89(68-97(93)107)111(83-51-35-75(36-52-83)103(16,17)18)85-55-39-77(40-56-85)105(21,22)69-104(19,20)76-37-53-84(54-38-76)110(88)82-49-33-74(34-50-82)102(13,14)15/h25-68H,69H2,1-24H3. The molecule has 0 saturated heterocycles. The van der Waals surface area contributed by atoms with E-state index >= 15 is 0 Å². The van der Waals surface area contributed by atoms with Crippen LogP contribution in [0, 0.1) is 0 Å². The molecule has 12 aromatic rings. The Morgan fingerprint density at radius 1 is 0.216 bits per heavy atom. The maximum atomic E-state index is 2.62. The molecular weight excluding hydrogens is 1340 g/mol. The molecule has 3 heterocycles. The summed E-state index contributed by atoms with van der Waals surface area (Å²) in [5, 5.41) is 0. The van der Waals surface area contributed by atoms with E-state index in [1.807, 2.05) is 0 Å². The highest BCUT2D eigenvalue weighted by Gasteiger charge is 2.58. The summed E-state index contributed by atoms with van der Waals surface area (Å²) in [6.45, 7) is 56.6. The van der Waals surface area contributed by atoms with Crippen molar-refractivity contribution in [2.75, 3.05) is 19.6 Å². The number of hydrogen-bond acceptors (Lipinski definition) is 4. The largest absolute Gasteiger partial charge is 0.310 e. The maximum Gasteiger partial charge on any atom is 0.0465 e. The molecule has 2 aliphatic carbocycles. The van der Waals surface area contributed by atoms with Crippen LogP contribution in [0.15, 0.2) is 267 Å². The van der Waals surface area contributed by atoms with Gasteiger partial charge in [0, 0.05) is 79.1 Å². The lowest BCUT2D eigenvalue weighted by Crippen LogP contribution is -2.44. The summed E-state index contributed by atoms with van der Waals surface area (Å²) in [5.74, 6) is 0. The van der Waals surface area contributed by atoms with Gasteiger partial charge in [-0.3, -0.25) is 0 Å². The Kier molecular flexibility index (Phi) is 18.4. The summed E-state index contributed by atoms with van der Waals surface area (Å²) in [4.78, 5) is 10.1. The first-order valence-corrected chi connectivity index (χ1v) is 40.7. The van der Waals surface area contributed by atoms with Gasteiger partial charge < -0.3 is 19.6 Å². The molecule has 0 saturated carbocycles. The molecule has 0 aromatic heterocycles. The monoisotopic (exact) mass is 1460 g/mol. The van der Waals surface area contributed by atoms with Gasteiger partial charge in [0.1, 0.15) is 0 Å². The van der Waals surface area contributed by atoms with Crippen molar-refractivity contribution in [1.29, 1.82) is 0 Å². The van der Waals surface area contributed by atoms with Gasteiger partial charge in [-0.2, -0.15) is 0 Å². The third-order valence-electron chi connectivity index (χ3n) is 25.4. The Morgan fingerprint density at radius 3 is 0.640 bits per heavy atom. The van der Waals surface area contributed by atoms with Crippen molar-refractivity contribution in [2.45, 2.75) is 227 Å². The minimum absolute atomic E-state index is 0.0271. The van der Waals surface area contributed by atoms with Gasteiger partial charge in [-0.15, -0.1) is 0 Å². The zero-order valence-corrected chi connectivity index (χ0v) is 70.9. The van der Waals surface area contributed by atoms with Crippen LogP contribution < -0.4 is 19.6 Å². The molecule has 0 radical (unpaired) electrons. The number of anilines is 12. The molecule has 3 aliphatic heterocycles. The van der Waals surface area contributed by atoms with Crippen molar-refractivity contribution in [1.82, 2.24) is 0 Å². The summed E-state index contributed by atoms with van der Waals surface area (Å²) < 4.78 is 0. The summed E-state index contributed by atoms with van der Waals surface area (Å²) in [6, 6.07) is 105. The first-order valence-electron chi connectivity index (χ1n) is 40.7. The second kappa shape index (κ2) is 26.8. The Bertz CT molecular complexity index is 5000. The van der Waals surface area contributed by atoms with Crippen molar-refractivity contribution in [3.63, 3.8) is 0 Å². The van der Waals surface area contributed by atoms with E-state index in [0.29, 0.717) is 0 Å². The maximum absolute atomic E-state index is 2.62. The molecule has 12 aromatic carbocycles. The minimum Gasteiger partial charge on any atom is -0.310 e. The molecule has 8 bridgehead atoms. The lowest BCUT2D eigenvalue weighted by atomic mass is 9.56. The highest BCUT2D eigenvalue weighted by atomic mass is 15.2. The molecule has 2 atom stereocenters. The molecule has 0 amide bonds. The van der Waals surface area contributed by atoms with Crippen molar-refractivity contribution < 1.29 is 0 Å². The molecule has 4 heteroatoms. The summed E-state index contributed by atoms with van der Waals surface area (Å²) >= 11 is 0. The number of hydrogen-bond donors (Lipinski definition) is 0. The fourth-order valence-electron chi connectivity index (χ4n) is 18.5. The number of fused-ring (bicyclic) bond motifs is 6. The van der Waals surface area contributed by atoms with Crippen LogP contribution in [0.2, 0.25) is 0 Å². The van der Waals surface area contributed by atoms with Crippen LogP contribution in [-0.4, -0.2) is 0 Å². The van der Waals surface area contributed by atoms with E-state index in [1.165, 1.54) is 89.0 Å². The van der Waals surface area contributed by atoms with E-state index < -0.39 is 10.8 Å². The third kappa shape index (κ3) is 13.6. The van der Waals surface area contributed by atoms with Crippen LogP contribution in [0.5, 0.6) is 0 Å². The third-order valence-corrected chi connectivity index (χ3v) is 25.4. The van der Waals surface area contributed by atoms with Gasteiger partial charge in [0.2, 0.25) is 0 Å². The van der Waals surface area contributed by atoms with Crippen LogP contribution in [-0.2, 0) is 54.1 Å². The minimum atomic E-state index is -0.798. The van der Waals surface area contributed by atoms with E-state index in [1.54, 1.807) is 0 Å². The molecule has 566 valence electrons. The van der Waals surface area contributed by atoms with Gasteiger partial charge in [0.05, 0.1) is 0 Å². The summed E-state index contributed by atoms with van der Waals surface area (Å²) in [5.41, 5.74) is 31.7. The first-order chi connectivity index (χ1) is 52.0. The molecule has 111 heavy (non-hydrogen) atoms. The molecule has 0 N–H and O–H groups in total. The van der Waals surface area contributed by atoms with Gasteiger partial charge in [-0.25, -0.2) is 0 Å². The lowest BCUT2D eigenvalue weighted by molar-refractivity contribution is 0.349. The fourth-order valence-corrected chi connectivity index (χ4v) is 18.5. The van der Waals surface area contributed by atoms with E-state index in [4.69, 9.17) is 0 Å². The quantitative estimate of drug-likeness (QED) is 0.150. The van der Waals surface area contributed by atoms with Crippen LogP contribution >= 0.6 is 0 Å². The average molecular weight is 1460 g/mol. The van der Waals surface area contributed by atoms with E-state index in [2.05, 4.69) is 453 Å². The van der Waals surface area contributed by atoms with Crippen LogP contribution in [0.3, 0.4) is 0 Å².